The molecule has 0 bridgehead atoms. The molecule has 0 aliphatic carbocycles. The summed E-state index contributed by atoms with van der Waals surface area (Å²) in [5.74, 6) is 0.130. The second-order valence-corrected chi connectivity index (χ2v) is 5.83. The quantitative estimate of drug-likeness (QED) is 0.373. The maximum absolute atomic E-state index is 11.6. The van der Waals surface area contributed by atoms with Gasteiger partial charge >= 0.3 is 11.3 Å². The van der Waals surface area contributed by atoms with Gasteiger partial charge in [0.1, 0.15) is 11.3 Å². The van der Waals surface area contributed by atoms with Crippen LogP contribution < -0.4 is 10.4 Å². The SMILES string of the molecule is CCc1cc2c(C)cc(=O)oc2cc1Oc1ccc([N+](=O)[O-])cc1[N+](=O)[O-]. The Morgan fingerprint density at radius 3 is 2.41 bits per heavy atom. The van der Waals surface area contributed by atoms with Crippen molar-refractivity contribution in [3.63, 3.8) is 0 Å². The number of ether oxygens (including phenoxy) is 1. The molecular weight excluding hydrogens is 356 g/mol. The fourth-order valence-corrected chi connectivity index (χ4v) is 2.73. The molecule has 1 heterocycles. The van der Waals surface area contributed by atoms with E-state index in [1.165, 1.54) is 18.2 Å². The van der Waals surface area contributed by atoms with E-state index in [2.05, 4.69) is 0 Å². The normalized spacial score (nSPS) is 10.7. The number of non-ortho nitro benzene ring substituents is 1. The summed E-state index contributed by atoms with van der Waals surface area (Å²) >= 11 is 0. The first kappa shape index (κ1) is 18.1. The summed E-state index contributed by atoms with van der Waals surface area (Å²) in [4.78, 5) is 32.3. The largest absolute Gasteiger partial charge is 0.450 e. The van der Waals surface area contributed by atoms with Crippen LogP contribution in [-0.4, -0.2) is 9.85 Å². The number of nitrogens with zero attached hydrogens (tertiary/aromatic N) is 2. The molecule has 9 heteroatoms. The Hall–Kier alpha value is -3.75. The predicted molar refractivity (Wildman–Crippen MR) is 96.4 cm³/mol. The number of nitro groups is 2. The molecule has 1 aromatic heterocycles. The van der Waals surface area contributed by atoms with Gasteiger partial charge in [-0.2, -0.15) is 0 Å². The van der Waals surface area contributed by atoms with Crippen LogP contribution in [-0.2, 0) is 6.42 Å². The first-order valence-electron chi connectivity index (χ1n) is 7.98. The zero-order valence-electron chi connectivity index (χ0n) is 14.4. The number of nitro benzene ring substituents is 2. The highest BCUT2D eigenvalue weighted by Crippen LogP contribution is 2.37. The molecular formula is C18H14N2O7. The van der Waals surface area contributed by atoms with Gasteiger partial charge in [-0.1, -0.05) is 6.92 Å². The minimum atomic E-state index is -0.751. The number of hydrogen-bond acceptors (Lipinski definition) is 7. The second kappa shape index (κ2) is 6.87. The third-order valence-corrected chi connectivity index (χ3v) is 4.08. The van der Waals surface area contributed by atoms with Gasteiger partial charge in [0.2, 0.25) is 5.75 Å². The van der Waals surface area contributed by atoms with Gasteiger partial charge in [-0.25, -0.2) is 4.79 Å². The van der Waals surface area contributed by atoms with Gasteiger partial charge in [-0.15, -0.1) is 0 Å². The Kier molecular flexibility index (Phi) is 4.59. The maximum atomic E-state index is 11.6. The van der Waals surface area contributed by atoms with E-state index >= 15 is 0 Å². The Labute approximate surface area is 152 Å². The number of aryl methyl sites for hydroxylation is 2. The van der Waals surface area contributed by atoms with Crippen molar-refractivity contribution in [2.24, 2.45) is 0 Å². The Balaban J connectivity index is 2.15. The van der Waals surface area contributed by atoms with Gasteiger partial charge in [0, 0.05) is 23.6 Å². The van der Waals surface area contributed by atoms with E-state index < -0.39 is 26.8 Å². The van der Waals surface area contributed by atoms with Crippen molar-refractivity contribution in [2.75, 3.05) is 0 Å². The molecule has 0 spiro atoms. The van der Waals surface area contributed by atoms with E-state index in [4.69, 9.17) is 9.15 Å². The standard InChI is InChI=1S/C18H14N2O7/c1-3-11-7-13-10(2)6-18(21)27-17(13)9-16(11)26-15-5-4-12(19(22)23)8-14(15)20(24)25/h4-9H,3H2,1-2H3. The summed E-state index contributed by atoms with van der Waals surface area (Å²) in [6, 6.07) is 7.80. The van der Waals surface area contributed by atoms with E-state index in [9.17, 15) is 25.0 Å². The lowest BCUT2D eigenvalue weighted by Gasteiger charge is -2.12. The first-order valence-corrected chi connectivity index (χ1v) is 7.98. The molecule has 0 atom stereocenters. The number of benzene rings is 2. The van der Waals surface area contributed by atoms with Gasteiger partial charge in [0.25, 0.3) is 5.69 Å². The monoisotopic (exact) mass is 370 g/mol. The van der Waals surface area contributed by atoms with Crippen LogP contribution in [0.4, 0.5) is 11.4 Å². The zero-order chi connectivity index (χ0) is 19.7. The molecule has 0 saturated heterocycles. The molecule has 0 N–H and O–H groups in total. The van der Waals surface area contributed by atoms with Crippen molar-refractivity contribution in [2.45, 2.75) is 20.3 Å². The molecule has 0 unspecified atom stereocenters. The molecule has 138 valence electrons. The van der Waals surface area contributed by atoms with Gasteiger partial charge in [0.05, 0.1) is 15.9 Å². The van der Waals surface area contributed by atoms with Crippen molar-refractivity contribution < 1.29 is 19.0 Å². The number of rotatable bonds is 5. The van der Waals surface area contributed by atoms with Crippen molar-refractivity contribution >= 4 is 22.3 Å². The van der Waals surface area contributed by atoms with E-state index in [-0.39, 0.29) is 17.1 Å². The van der Waals surface area contributed by atoms with Gasteiger partial charge in [-0.05, 0) is 36.6 Å². The predicted octanol–water partition coefficient (Wildman–Crippen LogP) is 4.27. The summed E-state index contributed by atoms with van der Waals surface area (Å²) in [5, 5.41) is 22.9. The highest BCUT2D eigenvalue weighted by Gasteiger charge is 2.22. The van der Waals surface area contributed by atoms with Crippen LogP contribution >= 0.6 is 0 Å². The van der Waals surface area contributed by atoms with E-state index in [1.54, 1.807) is 13.0 Å². The third-order valence-electron chi connectivity index (χ3n) is 4.08. The topological polar surface area (TPSA) is 126 Å². The Morgan fingerprint density at radius 2 is 1.78 bits per heavy atom. The third kappa shape index (κ3) is 3.47. The lowest BCUT2D eigenvalue weighted by molar-refractivity contribution is -0.394. The average molecular weight is 370 g/mol. The molecule has 9 nitrogen and oxygen atoms in total. The van der Waals surface area contributed by atoms with E-state index in [1.807, 2.05) is 6.92 Å². The summed E-state index contributed by atoms with van der Waals surface area (Å²) in [6.07, 6.45) is 0.560. The Morgan fingerprint density at radius 1 is 1.04 bits per heavy atom. The molecule has 0 saturated carbocycles. The maximum Gasteiger partial charge on any atom is 0.336 e. The van der Waals surface area contributed by atoms with Crippen LogP contribution in [0, 0.1) is 27.2 Å². The molecule has 0 fully saturated rings. The molecule has 3 aromatic rings. The summed E-state index contributed by atoms with van der Waals surface area (Å²) in [7, 11) is 0. The molecule has 0 aliphatic rings. The summed E-state index contributed by atoms with van der Waals surface area (Å²) in [5.41, 5.74) is 0.311. The fraction of sp³-hybridized carbons (Fsp3) is 0.167. The van der Waals surface area contributed by atoms with E-state index in [0.717, 1.165) is 28.6 Å². The molecule has 3 rings (SSSR count). The van der Waals surface area contributed by atoms with Gasteiger partial charge in [0.15, 0.2) is 0 Å². The van der Waals surface area contributed by atoms with Gasteiger partial charge < -0.3 is 9.15 Å². The molecule has 0 aliphatic heterocycles. The highest BCUT2D eigenvalue weighted by molar-refractivity contribution is 5.82. The number of fused-ring (bicyclic) bond motifs is 1. The minimum Gasteiger partial charge on any atom is -0.450 e. The fourth-order valence-electron chi connectivity index (χ4n) is 2.73. The van der Waals surface area contributed by atoms with Crippen LogP contribution in [0.2, 0.25) is 0 Å². The molecule has 27 heavy (non-hydrogen) atoms. The van der Waals surface area contributed by atoms with Crippen molar-refractivity contribution in [3.8, 4) is 11.5 Å². The average Bonchev–Trinajstić information content (AvgIpc) is 2.61. The van der Waals surface area contributed by atoms with Crippen molar-refractivity contribution in [1.29, 1.82) is 0 Å². The lowest BCUT2D eigenvalue weighted by atomic mass is 10.1. The van der Waals surface area contributed by atoms with Crippen LogP contribution in [0.3, 0.4) is 0 Å². The summed E-state index contributed by atoms with van der Waals surface area (Å²) in [6.45, 7) is 3.66. The Bertz CT molecular complexity index is 1130. The van der Waals surface area contributed by atoms with Gasteiger partial charge in [-0.3, -0.25) is 20.2 Å². The first-order chi connectivity index (χ1) is 12.8. The van der Waals surface area contributed by atoms with Crippen LogP contribution in [0.5, 0.6) is 11.5 Å². The molecule has 0 amide bonds. The van der Waals surface area contributed by atoms with E-state index in [0.29, 0.717) is 6.42 Å². The minimum absolute atomic E-state index is 0.144. The highest BCUT2D eigenvalue weighted by atomic mass is 16.6. The molecule has 0 radical (unpaired) electrons. The van der Waals surface area contributed by atoms with Crippen LogP contribution in [0.25, 0.3) is 11.0 Å². The van der Waals surface area contributed by atoms with Crippen molar-refractivity contribution in [3.05, 3.63) is 78.2 Å². The number of hydrogen-bond donors (Lipinski definition) is 0. The van der Waals surface area contributed by atoms with Crippen LogP contribution in [0.1, 0.15) is 18.1 Å². The second-order valence-electron chi connectivity index (χ2n) is 5.83. The summed E-state index contributed by atoms with van der Waals surface area (Å²) < 4.78 is 10.9. The smallest absolute Gasteiger partial charge is 0.336 e. The lowest BCUT2D eigenvalue weighted by Crippen LogP contribution is -2.00. The zero-order valence-corrected chi connectivity index (χ0v) is 14.4. The van der Waals surface area contributed by atoms with Crippen LogP contribution in [0.15, 0.2) is 45.6 Å². The van der Waals surface area contributed by atoms with Crippen molar-refractivity contribution in [1.82, 2.24) is 0 Å². The molecule has 2 aromatic carbocycles.